The molecule has 0 bridgehead atoms. The lowest BCUT2D eigenvalue weighted by Gasteiger charge is -2.12. The van der Waals surface area contributed by atoms with Crippen LogP contribution in [0.1, 0.15) is 27.6 Å². The number of ether oxygens (including phenoxy) is 2. The molecule has 0 radical (unpaired) electrons. The Hall–Kier alpha value is -2.62. The molecule has 0 saturated carbocycles. The molecule has 1 atom stereocenters. The summed E-state index contributed by atoms with van der Waals surface area (Å²) in [5.41, 5.74) is 0.899. The van der Waals surface area contributed by atoms with Crippen LogP contribution in [0.15, 0.2) is 54.6 Å². The molecule has 0 aliphatic heterocycles. The van der Waals surface area contributed by atoms with Crippen LogP contribution in [0.5, 0.6) is 5.75 Å². The van der Waals surface area contributed by atoms with Crippen LogP contribution in [0.3, 0.4) is 0 Å². The predicted molar refractivity (Wildman–Crippen MR) is 78.6 cm³/mol. The topological polar surface area (TPSA) is 52.6 Å². The lowest BCUT2D eigenvalue weighted by atomic mass is 10.1. The SMILES string of the molecule is COc1ccc(C(=O)OC(C)C(=O)c2ccccc2)cc1. The number of methoxy groups -OCH3 is 1. The fourth-order valence-electron chi connectivity index (χ4n) is 1.85. The van der Waals surface area contributed by atoms with E-state index in [1.807, 2.05) is 6.07 Å². The minimum Gasteiger partial charge on any atom is -0.497 e. The number of hydrogen-bond acceptors (Lipinski definition) is 4. The Labute approximate surface area is 123 Å². The number of esters is 1. The van der Waals surface area contributed by atoms with Crippen molar-refractivity contribution in [1.82, 2.24) is 0 Å². The van der Waals surface area contributed by atoms with Crippen LogP contribution in [0, 0.1) is 0 Å². The average Bonchev–Trinajstić information content (AvgIpc) is 2.55. The lowest BCUT2D eigenvalue weighted by molar-refractivity contribution is 0.0319. The third-order valence-corrected chi connectivity index (χ3v) is 3.04. The van der Waals surface area contributed by atoms with Crippen LogP contribution < -0.4 is 4.74 Å². The number of ketones is 1. The van der Waals surface area contributed by atoms with E-state index in [-0.39, 0.29) is 5.78 Å². The van der Waals surface area contributed by atoms with Crippen LogP contribution in [0.4, 0.5) is 0 Å². The van der Waals surface area contributed by atoms with Crippen molar-refractivity contribution in [2.45, 2.75) is 13.0 Å². The number of benzene rings is 2. The first-order chi connectivity index (χ1) is 10.1. The zero-order valence-corrected chi connectivity index (χ0v) is 11.9. The third-order valence-electron chi connectivity index (χ3n) is 3.04. The molecule has 1 unspecified atom stereocenters. The normalized spacial score (nSPS) is 11.5. The van der Waals surface area contributed by atoms with Crippen molar-refractivity contribution in [3.8, 4) is 5.75 Å². The monoisotopic (exact) mass is 284 g/mol. The number of rotatable bonds is 5. The summed E-state index contributed by atoms with van der Waals surface area (Å²) in [5, 5.41) is 0. The molecule has 108 valence electrons. The molecular weight excluding hydrogens is 268 g/mol. The quantitative estimate of drug-likeness (QED) is 0.625. The fraction of sp³-hybridized carbons (Fsp3) is 0.176. The number of Topliss-reactive ketones (excluding diaryl/α,β-unsaturated/α-hetero) is 1. The van der Waals surface area contributed by atoms with Gasteiger partial charge in [0.1, 0.15) is 5.75 Å². The minimum atomic E-state index is -0.831. The summed E-state index contributed by atoms with van der Waals surface area (Å²) < 4.78 is 10.2. The van der Waals surface area contributed by atoms with Gasteiger partial charge in [0.25, 0.3) is 0 Å². The molecule has 2 aromatic rings. The predicted octanol–water partition coefficient (Wildman–Crippen LogP) is 3.12. The average molecular weight is 284 g/mol. The molecule has 21 heavy (non-hydrogen) atoms. The van der Waals surface area contributed by atoms with E-state index in [2.05, 4.69) is 0 Å². The maximum absolute atomic E-state index is 12.1. The first kappa shape index (κ1) is 14.8. The van der Waals surface area contributed by atoms with Gasteiger partial charge >= 0.3 is 5.97 Å². The molecule has 0 amide bonds. The zero-order valence-electron chi connectivity index (χ0n) is 11.9. The van der Waals surface area contributed by atoms with Gasteiger partial charge in [-0.3, -0.25) is 4.79 Å². The molecule has 0 aromatic heterocycles. The molecule has 2 rings (SSSR count). The van der Waals surface area contributed by atoms with Crippen molar-refractivity contribution in [1.29, 1.82) is 0 Å². The van der Waals surface area contributed by atoms with E-state index < -0.39 is 12.1 Å². The van der Waals surface area contributed by atoms with Crippen LogP contribution in [-0.4, -0.2) is 25.0 Å². The highest BCUT2D eigenvalue weighted by molar-refractivity contribution is 6.01. The highest BCUT2D eigenvalue weighted by Gasteiger charge is 2.20. The Morgan fingerprint density at radius 2 is 1.52 bits per heavy atom. The zero-order chi connectivity index (χ0) is 15.2. The minimum absolute atomic E-state index is 0.225. The molecule has 0 heterocycles. The Kier molecular flexibility index (Phi) is 4.72. The van der Waals surface area contributed by atoms with E-state index in [0.29, 0.717) is 16.9 Å². The maximum atomic E-state index is 12.1. The van der Waals surface area contributed by atoms with Crippen LogP contribution in [0.25, 0.3) is 0 Å². The highest BCUT2D eigenvalue weighted by atomic mass is 16.5. The molecule has 4 nitrogen and oxygen atoms in total. The van der Waals surface area contributed by atoms with Gasteiger partial charge in [0.15, 0.2) is 6.10 Å². The second-order valence-electron chi connectivity index (χ2n) is 4.51. The Morgan fingerprint density at radius 1 is 0.905 bits per heavy atom. The van der Waals surface area contributed by atoms with Gasteiger partial charge in [-0.1, -0.05) is 30.3 Å². The molecule has 0 fully saturated rings. The summed E-state index contributed by atoms with van der Waals surface area (Å²) in [5.74, 6) is -0.105. The first-order valence-corrected chi connectivity index (χ1v) is 6.56. The first-order valence-electron chi connectivity index (χ1n) is 6.56. The van der Waals surface area contributed by atoms with Crippen molar-refractivity contribution in [3.63, 3.8) is 0 Å². The van der Waals surface area contributed by atoms with E-state index in [1.165, 1.54) is 0 Å². The molecule has 0 aliphatic carbocycles. The van der Waals surface area contributed by atoms with E-state index in [0.717, 1.165) is 0 Å². The van der Waals surface area contributed by atoms with Gasteiger partial charge in [-0.25, -0.2) is 4.79 Å². The summed E-state index contributed by atoms with van der Waals surface area (Å²) in [7, 11) is 1.55. The summed E-state index contributed by atoms with van der Waals surface area (Å²) in [4.78, 5) is 24.1. The summed E-state index contributed by atoms with van der Waals surface area (Å²) in [6.45, 7) is 1.57. The highest BCUT2D eigenvalue weighted by Crippen LogP contribution is 2.14. The molecule has 0 saturated heterocycles. The second-order valence-corrected chi connectivity index (χ2v) is 4.51. The van der Waals surface area contributed by atoms with E-state index >= 15 is 0 Å². The Balaban J connectivity index is 2.03. The van der Waals surface area contributed by atoms with Crippen LogP contribution in [0.2, 0.25) is 0 Å². The number of hydrogen-bond donors (Lipinski definition) is 0. The van der Waals surface area contributed by atoms with Gasteiger partial charge in [-0.05, 0) is 31.2 Å². The molecular formula is C17H16O4. The van der Waals surface area contributed by atoms with E-state index in [4.69, 9.17) is 9.47 Å². The van der Waals surface area contributed by atoms with Gasteiger partial charge in [-0.2, -0.15) is 0 Å². The largest absolute Gasteiger partial charge is 0.497 e. The van der Waals surface area contributed by atoms with Gasteiger partial charge in [-0.15, -0.1) is 0 Å². The maximum Gasteiger partial charge on any atom is 0.338 e. The summed E-state index contributed by atoms with van der Waals surface area (Å²) in [6, 6.07) is 15.3. The van der Waals surface area contributed by atoms with Crippen molar-refractivity contribution < 1.29 is 19.1 Å². The Morgan fingerprint density at radius 3 is 2.10 bits per heavy atom. The number of carbonyl (C=O) groups excluding carboxylic acids is 2. The third kappa shape index (κ3) is 3.69. The van der Waals surface area contributed by atoms with Gasteiger partial charge in [0.05, 0.1) is 12.7 Å². The van der Waals surface area contributed by atoms with Gasteiger partial charge in [0, 0.05) is 5.56 Å². The van der Waals surface area contributed by atoms with Gasteiger partial charge in [0.2, 0.25) is 5.78 Å². The molecule has 0 spiro atoms. The molecule has 0 aliphatic rings. The Bertz CT molecular complexity index is 617. The standard InChI is InChI=1S/C17H16O4/c1-12(16(18)13-6-4-3-5-7-13)21-17(19)14-8-10-15(20-2)11-9-14/h3-12H,1-2H3. The van der Waals surface area contributed by atoms with E-state index in [1.54, 1.807) is 62.6 Å². The van der Waals surface area contributed by atoms with Crippen molar-refractivity contribution >= 4 is 11.8 Å². The molecule has 4 heteroatoms. The molecule has 2 aromatic carbocycles. The summed E-state index contributed by atoms with van der Waals surface area (Å²) >= 11 is 0. The summed E-state index contributed by atoms with van der Waals surface area (Å²) in [6.07, 6.45) is -0.831. The van der Waals surface area contributed by atoms with Crippen molar-refractivity contribution in [2.24, 2.45) is 0 Å². The van der Waals surface area contributed by atoms with Gasteiger partial charge < -0.3 is 9.47 Å². The lowest BCUT2D eigenvalue weighted by Crippen LogP contribution is -2.24. The van der Waals surface area contributed by atoms with Crippen LogP contribution >= 0.6 is 0 Å². The second kappa shape index (κ2) is 6.70. The van der Waals surface area contributed by atoms with Crippen LogP contribution in [-0.2, 0) is 4.74 Å². The van der Waals surface area contributed by atoms with Crippen molar-refractivity contribution in [3.05, 3.63) is 65.7 Å². The smallest absolute Gasteiger partial charge is 0.338 e. The van der Waals surface area contributed by atoms with Crippen molar-refractivity contribution in [2.75, 3.05) is 7.11 Å². The van der Waals surface area contributed by atoms with E-state index in [9.17, 15) is 9.59 Å². The number of carbonyl (C=O) groups is 2. The fourth-order valence-corrected chi connectivity index (χ4v) is 1.85. The molecule has 0 N–H and O–H groups in total.